The predicted molar refractivity (Wildman–Crippen MR) is 321 cm³/mol. The van der Waals surface area contributed by atoms with Crippen molar-refractivity contribution in [1.29, 1.82) is 0 Å². The van der Waals surface area contributed by atoms with Crippen LogP contribution in [0.3, 0.4) is 0 Å². The standard InChI is InChI=1S/C68H72N4Si.CH3.Pt/c1-46(2)57-31-23-32-58(47(3)4)65(57)48-36-37-69-64(38-48)72-61-33-21-20-30-59(61)60-35-34-55(43-62(60)72)73(53-26-16-14-17-27-53,54-28-18-15-19-29-54)56-41-50(67(8,9)10)40-52(42-56)71-45-70(44-63(71)68(11,12)13)51-25-22-24-49(39-51)66(5,6)7;;/h14-41,44,46-47H,45H2,1-13H3;1H3;/q-2;-1;. The van der Waals surface area contributed by atoms with E-state index in [1.807, 2.05) is 6.20 Å². The van der Waals surface area contributed by atoms with Crippen LogP contribution < -0.4 is 30.5 Å². The van der Waals surface area contributed by atoms with E-state index in [1.165, 1.54) is 70.9 Å². The molecule has 0 amide bonds. The third-order valence-corrected chi connectivity index (χ3v) is 19.7. The van der Waals surface area contributed by atoms with Crippen molar-refractivity contribution in [2.24, 2.45) is 5.41 Å². The van der Waals surface area contributed by atoms with Gasteiger partial charge >= 0.3 is 0 Å². The normalized spacial score (nSPS) is 13.4. The molecular formula is C69H75N4PtSi-3. The number of fused-ring (bicyclic) bond motifs is 3. The smallest absolute Gasteiger partial charge is 0.136 e. The summed E-state index contributed by atoms with van der Waals surface area (Å²) in [6.45, 7) is 30.8. The molecule has 75 heavy (non-hydrogen) atoms. The molecule has 0 unspecified atom stereocenters. The Hall–Kier alpha value is -6.26. The molecule has 0 atom stereocenters. The average Bonchev–Trinajstić information content (AvgIpc) is 3.98. The van der Waals surface area contributed by atoms with Crippen molar-refractivity contribution >= 4 is 62.0 Å². The number of pyridine rings is 1. The average molecular weight is 1180 g/mol. The van der Waals surface area contributed by atoms with E-state index in [9.17, 15) is 0 Å². The monoisotopic (exact) mass is 1180 g/mol. The number of hydrogen-bond acceptors (Lipinski definition) is 3. The Morgan fingerprint density at radius 2 is 1.15 bits per heavy atom. The summed E-state index contributed by atoms with van der Waals surface area (Å²) >= 11 is 0. The first-order chi connectivity index (χ1) is 34.7. The number of anilines is 2. The van der Waals surface area contributed by atoms with E-state index in [4.69, 9.17) is 4.98 Å². The molecule has 0 bridgehead atoms. The van der Waals surface area contributed by atoms with Crippen LogP contribution in [-0.4, -0.2) is 24.3 Å². The van der Waals surface area contributed by atoms with E-state index in [1.54, 1.807) is 0 Å². The molecule has 1 aliphatic heterocycles. The number of hydrogen-bond donors (Lipinski definition) is 0. The van der Waals surface area contributed by atoms with Gasteiger partial charge in [-0.15, -0.1) is 11.5 Å². The van der Waals surface area contributed by atoms with Gasteiger partial charge in [-0.05, 0) is 96.6 Å². The fourth-order valence-corrected chi connectivity index (χ4v) is 15.8. The second-order valence-corrected chi connectivity index (χ2v) is 27.7. The quantitative estimate of drug-likeness (QED) is 0.0775. The van der Waals surface area contributed by atoms with E-state index in [0.29, 0.717) is 18.5 Å². The van der Waals surface area contributed by atoms with Gasteiger partial charge in [0.05, 0.1) is 6.67 Å². The summed E-state index contributed by atoms with van der Waals surface area (Å²) in [5.41, 5.74) is 13.2. The first-order valence-corrected chi connectivity index (χ1v) is 28.4. The van der Waals surface area contributed by atoms with E-state index >= 15 is 0 Å². The summed E-state index contributed by atoms with van der Waals surface area (Å²) < 4.78 is 2.37. The van der Waals surface area contributed by atoms with Gasteiger partial charge in [0.25, 0.3) is 0 Å². The van der Waals surface area contributed by atoms with Crippen LogP contribution in [0, 0.1) is 25.0 Å². The van der Waals surface area contributed by atoms with Crippen molar-refractivity contribution < 1.29 is 21.1 Å². The number of rotatable bonds is 10. The van der Waals surface area contributed by atoms with Crippen LogP contribution in [0.2, 0.25) is 0 Å². The number of nitrogens with zero attached hydrogens (tertiary/aromatic N) is 4. The molecule has 0 fully saturated rings. The summed E-state index contributed by atoms with van der Waals surface area (Å²) in [6, 6.07) is 70.0. The minimum atomic E-state index is -3.27. The maximum atomic E-state index is 5.22. The van der Waals surface area contributed by atoms with Gasteiger partial charge in [0, 0.05) is 55.8 Å². The van der Waals surface area contributed by atoms with Crippen molar-refractivity contribution in [2.45, 2.75) is 113 Å². The molecule has 2 aromatic heterocycles. The van der Waals surface area contributed by atoms with Crippen LogP contribution in [0.1, 0.15) is 124 Å². The van der Waals surface area contributed by atoms with Gasteiger partial charge in [-0.25, -0.2) is 4.98 Å². The molecule has 388 valence electrons. The molecule has 0 aliphatic carbocycles. The summed E-state index contributed by atoms with van der Waals surface area (Å²) in [7, 11) is -3.27. The molecule has 0 saturated carbocycles. The topological polar surface area (TPSA) is 24.3 Å². The van der Waals surface area contributed by atoms with Crippen LogP contribution in [0.4, 0.5) is 11.4 Å². The minimum absolute atomic E-state index is 0. The molecule has 0 saturated heterocycles. The Kier molecular flexibility index (Phi) is 15.4. The van der Waals surface area contributed by atoms with E-state index in [0.717, 1.165) is 27.9 Å². The fraction of sp³-hybridized carbons (Fsp3) is 0.275. The molecule has 0 N–H and O–H groups in total. The van der Waals surface area contributed by atoms with Crippen LogP contribution in [0.5, 0.6) is 0 Å². The maximum Gasteiger partial charge on any atom is 0.136 e. The third-order valence-electron chi connectivity index (χ3n) is 15.1. The van der Waals surface area contributed by atoms with Gasteiger partial charge in [-0.1, -0.05) is 210 Å². The van der Waals surface area contributed by atoms with E-state index in [-0.39, 0.29) is 44.7 Å². The first kappa shape index (κ1) is 55.0. The Bertz CT molecular complexity index is 3450. The van der Waals surface area contributed by atoms with Crippen molar-refractivity contribution in [3.05, 3.63) is 224 Å². The van der Waals surface area contributed by atoms with Gasteiger partial charge < -0.3 is 21.8 Å². The summed E-state index contributed by atoms with van der Waals surface area (Å²) in [6.07, 6.45) is 4.38. The molecule has 6 heteroatoms. The third kappa shape index (κ3) is 10.2. The molecule has 9 aromatic rings. The largest absolute Gasteiger partial charge is 0.358 e. The van der Waals surface area contributed by atoms with Gasteiger partial charge in [0.2, 0.25) is 0 Å². The van der Waals surface area contributed by atoms with Crippen molar-refractivity contribution in [1.82, 2.24) is 9.55 Å². The fourth-order valence-electron chi connectivity index (χ4n) is 11.2. The van der Waals surface area contributed by atoms with Crippen LogP contribution >= 0.6 is 0 Å². The zero-order valence-corrected chi connectivity index (χ0v) is 50.0. The van der Waals surface area contributed by atoms with Crippen molar-refractivity contribution in [2.75, 3.05) is 16.5 Å². The summed E-state index contributed by atoms with van der Waals surface area (Å²) in [5.74, 6) is 1.61. The number of para-hydroxylation sites is 1. The van der Waals surface area contributed by atoms with Crippen LogP contribution in [-0.2, 0) is 31.9 Å². The first-order valence-electron chi connectivity index (χ1n) is 26.4. The molecule has 4 nitrogen and oxygen atoms in total. The molecular weight excluding hydrogens is 1110 g/mol. The SMILES string of the molecule is CC(C)c1cccc(C(C)C)c1-c1ccnc(-n2c3[c-]c([Si](c4[c-]c(N5CN(c6cccc(C(C)(C)C)c6)C=C5C(C)(C)C)cc(C(C)(C)C)c4)(c4ccccc4)c4ccccc4)ccc3c3ccccc32)c1.[CH3-].[Pt]. The number of benzene rings is 7. The zero-order valence-electron chi connectivity index (χ0n) is 46.7. The van der Waals surface area contributed by atoms with Crippen LogP contribution in [0.15, 0.2) is 182 Å². The summed E-state index contributed by atoms with van der Waals surface area (Å²) in [5, 5.41) is 7.29. The van der Waals surface area contributed by atoms with Gasteiger partial charge in [-0.2, -0.15) is 46.3 Å². The van der Waals surface area contributed by atoms with E-state index in [2.05, 4.69) is 287 Å². The minimum Gasteiger partial charge on any atom is -0.358 e. The maximum absolute atomic E-state index is 5.22. The Morgan fingerprint density at radius 1 is 0.547 bits per heavy atom. The summed E-state index contributed by atoms with van der Waals surface area (Å²) in [4.78, 5) is 10.2. The van der Waals surface area contributed by atoms with Crippen molar-refractivity contribution in [3.63, 3.8) is 0 Å². The molecule has 3 heterocycles. The van der Waals surface area contributed by atoms with Gasteiger partial charge in [0.1, 0.15) is 13.9 Å². The molecule has 0 spiro atoms. The van der Waals surface area contributed by atoms with Crippen molar-refractivity contribution in [3.8, 4) is 16.9 Å². The predicted octanol–water partition coefficient (Wildman–Crippen LogP) is 15.3. The van der Waals surface area contributed by atoms with Gasteiger partial charge in [0.15, 0.2) is 0 Å². The van der Waals surface area contributed by atoms with Gasteiger partial charge in [-0.3, -0.25) is 0 Å². The Labute approximate surface area is 464 Å². The molecule has 10 rings (SSSR count). The number of allylic oxidation sites excluding steroid dienone is 1. The van der Waals surface area contributed by atoms with Crippen LogP contribution in [0.25, 0.3) is 38.8 Å². The molecule has 1 aliphatic rings. The Balaban J connectivity index is 0.00000374. The number of aromatic nitrogens is 2. The Morgan fingerprint density at radius 3 is 1.75 bits per heavy atom. The zero-order chi connectivity index (χ0) is 51.6. The second-order valence-electron chi connectivity index (χ2n) is 24.0. The molecule has 0 radical (unpaired) electrons. The van der Waals surface area contributed by atoms with E-state index < -0.39 is 8.07 Å². The molecule has 7 aromatic carbocycles. The second kappa shape index (κ2) is 21.0.